The van der Waals surface area contributed by atoms with Gasteiger partial charge in [-0.15, -0.1) is 0 Å². The molecule has 1 aromatic heterocycles. The Bertz CT molecular complexity index is 783. The first-order valence-corrected chi connectivity index (χ1v) is 7.42. The fourth-order valence-electron chi connectivity index (χ4n) is 2.68. The molecule has 0 aliphatic carbocycles. The highest BCUT2D eigenvalue weighted by Gasteiger charge is 2.44. The van der Waals surface area contributed by atoms with Crippen LogP contribution in [0.5, 0.6) is 5.75 Å². The average Bonchev–Trinajstić information content (AvgIpc) is 2.55. The Morgan fingerprint density at radius 1 is 1.12 bits per heavy atom. The van der Waals surface area contributed by atoms with E-state index >= 15 is 0 Å². The molecule has 24 heavy (non-hydrogen) atoms. The summed E-state index contributed by atoms with van der Waals surface area (Å²) in [6.07, 6.45) is -6.85. The Labute approximate surface area is 136 Å². The van der Waals surface area contributed by atoms with Gasteiger partial charge in [0.1, 0.15) is 35.7 Å². The standard InChI is InChI=1S/C16H18O8/c1-7-4-12(18)23-10-5-8(2-3-9(7)10)22-16-15(21)14(20)13(19)11(6-17)24-16/h2-5,11,13-17,19-21H,6H2,1H3/t11?,13?,14?,15?,16-/m1/s1. The number of hydrogen-bond acceptors (Lipinski definition) is 8. The molecule has 1 fully saturated rings. The minimum Gasteiger partial charge on any atom is -0.462 e. The molecule has 130 valence electrons. The number of aryl methyl sites for hydroxylation is 1. The Morgan fingerprint density at radius 2 is 1.88 bits per heavy atom. The molecular weight excluding hydrogens is 320 g/mol. The van der Waals surface area contributed by atoms with Gasteiger partial charge in [0, 0.05) is 17.5 Å². The molecule has 4 N–H and O–H groups in total. The molecule has 8 heteroatoms. The largest absolute Gasteiger partial charge is 0.462 e. The van der Waals surface area contributed by atoms with Crippen molar-refractivity contribution in [3.8, 4) is 5.75 Å². The summed E-state index contributed by atoms with van der Waals surface area (Å²) in [6, 6.07) is 6.12. The lowest BCUT2D eigenvalue weighted by molar-refractivity contribution is -0.277. The number of aliphatic hydroxyl groups excluding tert-OH is 4. The summed E-state index contributed by atoms with van der Waals surface area (Å²) in [4.78, 5) is 11.5. The molecule has 0 amide bonds. The number of benzene rings is 1. The minimum absolute atomic E-state index is 0.237. The van der Waals surface area contributed by atoms with Gasteiger partial charge in [-0.1, -0.05) is 0 Å². The van der Waals surface area contributed by atoms with E-state index in [2.05, 4.69) is 0 Å². The first-order valence-electron chi connectivity index (χ1n) is 7.42. The molecule has 3 rings (SSSR count). The van der Waals surface area contributed by atoms with Crippen LogP contribution in [0.2, 0.25) is 0 Å². The lowest BCUT2D eigenvalue weighted by atomic mass is 9.99. The van der Waals surface area contributed by atoms with Crippen molar-refractivity contribution in [3.63, 3.8) is 0 Å². The summed E-state index contributed by atoms with van der Waals surface area (Å²) in [6.45, 7) is 1.23. The molecule has 0 bridgehead atoms. The van der Waals surface area contributed by atoms with Gasteiger partial charge in [-0.2, -0.15) is 0 Å². The van der Waals surface area contributed by atoms with Gasteiger partial charge in [0.15, 0.2) is 0 Å². The van der Waals surface area contributed by atoms with Gasteiger partial charge in [0.05, 0.1) is 6.61 Å². The maximum absolute atomic E-state index is 11.5. The van der Waals surface area contributed by atoms with Crippen molar-refractivity contribution in [2.75, 3.05) is 6.61 Å². The molecule has 4 unspecified atom stereocenters. The van der Waals surface area contributed by atoms with Gasteiger partial charge in [-0.3, -0.25) is 0 Å². The lowest BCUT2D eigenvalue weighted by Crippen LogP contribution is -2.60. The maximum atomic E-state index is 11.5. The molecule has 2 heterocycles. The van der Waals surface area contributed by atoms with Gasteiger partial charge < -0.3 is 34.3 Å². The minimum atomic E-state index is -1.53. The normalized spacial score (nSPS) is 30.5. The number of fused-ring (bicyclic) bond motifs is 1. The van der Waals surface area contributed by atoms with Crippen LogP contribution in [0.15, 0.2) is 33.5 Å². The van der Waals surface area contributed by atoms with Crippen LogP contribution in [0.4, 0.5) is 0 Å². The zero-order chi connectivity index (χ0) is 17.4. The molecular formula is C16H18O8. The van der Waals surface area contributed by atoms with Crippen molar-refractivity contribution in [1.29, 1.82) is 0 Å². The third kappa shape index (κ3) is 3.02. The smallest absolute Gasteiger partial charge is 0.336 e. The van der Waals surface area contributed by atoms with E-state index in [0.29, 0.717) is 5.58 Å². The van der Waals surface area contributed by atoms with E-state index in [-0.39, 0.29) is 5.75 Å². The third-order valence-electron chi connectivity index (χ3n) is 4.02. The van der Waals surface area contributed by atoms with Crippen molar-refractivity contribution in [2.24, 2.45) is 0 Å². The first-order chi connectivity index (χ1) is 11.4. The van der Waals surface area contributed by atoms with E-state index in [1.807, 2.05) is 0 Å². The highest BCUT2D eigenvalue weighted by molar-refractivity contribution is 5.81. The Balaban J connectivity index is 1.87. The van der Waals surface area contributed by atoms with Gasteiger partial charge in [0.2, 0.25) is 6.29 Å². The molecule has 1 aliphatic rings. The van der Waals surface area contributed by atoms with E-state index < -0.39 is 42.9 Å². The van der Waals surface area contributed by atoms with Gasteiger partial charge in [-0.25, -0.2) is 4.79 Å². The lowest BCUT2D eigenvalue weighted by Gasteiger charge is -2.39. The van der Waals surface area contributed by atoms with Crippen molar-refractivity contribution in [2.45, 2.75) is 37.6 Å². The molecule has 0 radical (unpaired) electrons. The number of ether oxygens (including phenoxy) is 2. The van der Waals surface area contributed by atoms with Crippen LogP contribution in [0.3, 0.4) is 0 Å². The van der Waals surface area contributed by atoms with Crippen molar-refractivity contribution in [1.82, 2.24) is 0 Å². The van der Waals surface area contributed by atoms with Crippen LogP contribution < -0.4 is 10.4 Å². The summed E-state index contributed by atoms with van der Waals surface area (Å²) in [5.74, 6) is 0.237. The molecule has 1 saturated heterocycles. The number of rotatable bonds is 3. The summed E-state index contributed by atoms with van der Waals surface area (Å²) >= 11 is 0. The molecule has 1 aliphatic heterocycles. The number of aliphatic hydroxyl groups is 4. The summed E-state index contributed by atoms with van der Waals surface area (Å²) in [5, 5.41) is 39.4. The zero-order valence-electron chi connectivity index (χ0n) is 12.8. The average molecular weight is 338 g/mol. The van der Waals surface area contributed by atoms with Crippen LogP contribution in [-0.4, -0.2) is 57.7 Å². The van der Waals surface area contributed by atoms with Gasteiger partial charge >= 0.3 is 5.63 Å². The van der Waals surface area contributed by atoms with E-state index in [4.69, 9.17) is 19.0 Å². The van der Waals surface area contributed by atoms with E-state index in [0.717, 1.165) is 10.9 Å². The van der Waals surface area contributed by atoms with E-state index in [1.54, 1.807) is 19.1 Å². The van der Waals surface area contributed by atoms with Crippen LogP contribution in [0.25, 0.3) is 11.0 Å². The van der Waals surface area contributed by atoms with E-state index in [1.165, 1.54) is 12.1 Å². The SMILES string of the molecule is Cc1cc(=O)oc2cc(O[C@@H]3OC(CO)C(O)C(O)C3O)ccc12. The first kappa shape index (κ1) is 16.9. The summed E-state index contributed by atoms with van der Waals surface area (Å²) < 4.78 is 15.9. The Kier molecular flexibility index (Phi) is 4.57. The van der Waals surface area contributed by atoms with Gasteiger partial charge in [-0.05, 0) is 24.6 Å². The van der Waals surface area contributed by atoms with Crippen LogP contribution in [0, 0.1) is 6.92 Å². The second-order valence-electron chi connectivity index (χ2n) is 5.72. The molecule has 5 atom stereocenters. The maximum Gasteiger partial charge on any atom is 0.336 e. The van der Waals surface area contributed by atoms with Crippen molar-refractivity contribution < 1.29 is 34.3 Å². The second-order valence-corrected chi connectivity index (χ2v) is 5.72. The highest BCUT2D eigenvalue weighted by Crippen LogP contribution is 2.27. The Morgan fingerprint density at radius 3 is 2.58 bits per heavy atom. The fourth-order valence-corrected chi connectivity index (χ4v) is 2.68. The van der Waals surface area contributed by atoms with E-state index in [9.17, 15) is 20.1 Å². The van der Waals surface area contributed by atoms with Crippen molar-refractivity contribution in [3.05, 3.63) is 40.2 Å². The topological polar surface area (TPSA) is 130 Å². The zero-order valence-corrected chi connectivity index (χ0v) is 12.8. The molecule has 1 aromatic carbocycles. The molecule has 0 saturated carbocycles. The van der Waals surface area contributed by atoms with Gasteiger partial charge in [0.25, 0.3) is 0 Å². The quantitative estimate of drug-likeness (QED) is 0.540. The second kappa shape index (κ2) is 6.50. The van der Waals surface area contributed by atoms with Crippen LogP contribution in [-0.2, 0) is 4.74 Å². The molecule has 0 spiro atoms. The predicted molar refractivity (Wildman–Crippen MR) is 81.6 cm³/mol. The summed E-state index contributed by atoms with van der Waals surface area (Å²) in [5.41, 5.74) is 0.563. The van der Waals surface area contributed by atoms with Crippen molar-refractivity contribution >= 4 is 11.0 Å². The monoisotopic (exact) mass is 338 g/mol. The fraction of sp³-hybridized carbons (Fsp3) is 0.438. The van der Waals surface area contributed by atoms with Crippen LogP contribution >= 0.6 is 0 Å². The number of hydrogen-bond donors (Lipinski definition) is 4. The predicted octanol–water partition coefficient (Wildman–Crippen LogP) is -0.720. The van der Waals surface area contributed by atoms with Crippen LogP contribution in [0.1, 0.15) is 5.56 Å². The highest BCUT2D eigenvalue weighted by atomic mass is 16.7. The Hall–Kier alpha value is -1.97. The molecule has 2 aromatic rings. The molecule has 8 nitrogen and oxygen atoms in total. The summed E-state index contributed by atoms with van der Waals surface area (Å²) in [7, 11) is 0. The third-order valence-corrected chi connectivity index (χ3v) is 4.02.